The maximum absolute atomic E-state index is 11.9. The first kappa shape index (κ1) is 17.9. The molecule has 0 radical (unpaired) electrons. The topological polar surface area (TPSA) is 52.6 Å². The number of esters is 1. The van der Waals surface area contributed by atoms with Gasteiger partial charge in [0.05, 0.1) is 19.1 Å². The number of ether oxygens (including phenoxy) is 1. The third-order valence-electron chi connectivity index (χ3n) is 3.20. The molecule has 2 atom stereocenters. The van der Waals surface area contributed by atoms with Crippen molar-refractivity contribution < 1.29 is 18.6 Å². The van der Waals surface area contributed by atoms with Crippen LogP contribution in [0, 0.1) is 5.92 Å². The van der Waals surface area contributed by atoms with Gasteiger partial charge in [-0.05, 0) is 38.7 Å². The van der Waals surface area contributed by atoms with Crippen LogP contribution in [0.3, 0.4) is 0 Å². The summed E-state index contributed by atoms with van der Waals surface area (Å²) in [6.45, 7) is 4.35. The second kappa shape index (κ2) is 10.6. The van der Waals surface area contributed by atoms with Crippen molar-refractivity contribution in [1.82, 2.24) is 0 Å². The number of aryl methyl sites for hydroxylation is 1. The van der Waals surface area contributed by atoms with E-state index in [0.717, 1.165) is 12.8 Å². The predicted octanol–water partition coefficient (Wildman–Crippen LogP) is 3.70. The molecule has 1 aromatic rings. The number of hydrogen-bond donors (Lipinski definition) is 0. The Morgan fingerprint density at radius 2 is 1.90 bits per heavy atom. The van der Waals surface area contributed by atoms with Crippen molar-refractivity contribution in [3.05, 3.63) is 35.9 Å². The Labute approximate surface area is 127 Å². The molecule has 0 saturated heterocycles. The van der Waals surface area contributed by atoms with Crippen molar-refractivity contribution in [1.29, 1.82) is 0 Å². The summed E-state index contributed by atoms with van der Waals surface area (Å²) in [7, 11) is -2.15. The van der Waals surface area contributed by atoms with E-state index in [1.807, 2.05) is 18.2 Å². The minimum absolute atomic E-state index is 0.261. The van der Waals surface area contributed by atoms with E-state index < -0.39 is 8.03 Å². The SMILES string of the molecule is CCOC(=O)C(CCCc1ccccc1)C[PH](=O)OCC. The van der Waals surface area contributed by atoms with Crippen molar-refractivity contribution in [2.24, 2.45) is 5.92 Å². The fraction of sp³-hybridized carbons (Fsp3) is 0.562. The summed E-state index contributed by atoms with van der Waals surface area (Å²) in [6.07, 6.45) is 2.74. The number of carbonyl (C=O) groups excluding carboxylic acids is 1. The van der Waals surface area contributed by atoms with Gasteiger partial charge in [0.2, 0.25) is 0 Å². The number of hydrogen-bond acceptors (Lipinski definition) is 4. The van der Waals surface area contributed by atoms with E-state index >= 15 is 0 Å². The van der Waals surface area contributed by atoms with Gasteiger partial charge in [0.1, 0.15) is 0 Å². The Morgan fingerprint density at radius 1 is 1.19 bits per heavy atom. The second-order valence-corrected chi connectivity index (χ2v) is 6.28. The molecular weight excluding hydrogens is 287 g/mol. The molecule has 118 valence electrons. The van der Waals surface area contributed by atoms with E-state index in [1.165, 1.54) is 5.56 Å². The van der Waals surface area contributed by atoms with E-state index in [-0.39, 0.29) is 18.0 Å². The fourth-order valence-electron chi connectivity index (χ4n) is 2.18. The zero-order chi connectivity index (χ0) is 15.5. The molecule has 0 aromatic heterocycles. The summed E-state index contributed by atoms with van der Waals surface area (Å²) in [6, 6.07) is 10.1. The third-order valence-corrected chi connectivity index (χ3v) is 4.64. The van der Waals surface area contributed by atoms with E-state index in [2.05, 4.69) is 12.1 Å². The van der Waals surface area contributed by atoms with Gasteiger partial charge in [-0.25, -0.2) is 0 Å². The van der Waals surface area contributed by atoms with Crippen LogP contribution in [0.15, 0.2) is 30.3 Å². The highest BCUT2D eigenvalue weighted by Crippen LogP contribution is 2.28. The zero-order valence-electron chi connectivity index (χ0n) is 12.8. The summed E-state index contributed by atoms with van der Waals surface area (Å²) >= 11 is 0. The monoisotopic (exact) mass is 312 g/mol. The summed E-state index contributed by atoms with van der Waals surface area (Å²) in [5.74, 6) is -0.588. The van der Waals surface area contributed by atoms with Crippen molar-refractivity contribution in [2.75, 3.05) is 19.4 Å². The number of carbonyl (C=O) groups is 1. The van der Waals surface area contributed by atoms with Crippen LogP contribution in [0.1, 0.15) is 32.3 Å². The lowest BCUT2D eigenvalue weighted by Gasteiger charge is -2.15. The van der Waals surface area contributed by atoms with Crippen molar-refractivity contribution >= 4 is 14.0 Å². The summed E-state index contributed by atoms with van der Waals surface area (Å²) in [4.78, 5) is 11.9. The molecule has 0 aliphatic carbocycles. The Bertz CT molecular complexity index is 433. The molecule has 2 unspecified atom stereocenters. The van der Waals surface area contributed by atoms with E-state index in [1.54, 1.807) is 13.8 Å². The maximum Gasteiger partial charge on any atom is 0.309 e. The summed E-state index contributed by atoms with van der Waals surface area (Å²) in [5.41, 5.74) is 1.25. The standard InChI is InChI=1S/C16H25O4P/c1-3-19-16(17)15(13-21(18)20-4-2)12-8-11-14-9-6-5-7-10-14/h5-7,9-10,15,21H,3-4,8,11-13H2,1-2H3. The molecular formula is C16H25O4P. The highest BCUT2D eigenvalue weighted by molar-refractivity contribution is 7.39. The van der Waals surface area contributed by atoms with Crippen LogP contribution in [0.2, 0.25) is 0 Å². The lowest BCUT2D eigenvalue weighted by atomic mass is 10.0. The Kier molecular flexibility index (Phi) is 9.04. The highest BCUT2D eigenvalue weighted by atomic mass is 31.1. The van der Waals surface area contributed by atoms with Crippen LogP contribution in [0.4, 0.5) is 0 Å². The average Bonchev–Trinajstić information content (AvgIpc) is 2.48. The average molecular weight is 312 g/mol. The van der Waals surface area contributed by atoms with Gasteiger partial charge < -0.3 is 9.26 Å². The minimum atomic E-state index is -2.15. The molecule has 0 aliphatic heterocycles. The molecule has 0 aliphatic rings. The van der Waals surface area contributed by atoms with Gasteiger partial charge in [-0.3, -0.25) is 9.36 Å². The smallest absolute Gasteiger partial charge is 0.309 e. The lowest BCUT2D eigenvalue weighted by molar-refractivity contribution is -0.147. The van der Waals surface area contributed by atoms with Gasteiger partial charge >= 0.3 is 5.97 Å². The zero-order valence-corrected chi connectivity index (χ0v) is 13.8. The largest absolute Gasteiger partial charge is 0.466 e. The Hall–Kier alpha value is -1.12. The normalized spacial score (nSPS) is 13.6. The molecule has 5 heteroatoms. The van der Waals surface area contributed by atoms with E-state index in [9.17, 15) is 9.36 Å². The van der Waals surface area contributed by atoms with Gasteiger partial charge in [-0.2, -0.15) is 0 Å². The molecule has 0 spiro atoms. The second-order valence-electron chi connectivity index (χ2n) is 4.84. The van der Waals surface area contributed by atoms with Gasteiger partial charge in [-0.15, -0.1) is 0 Å². The van der Waals surface area contributed by atoms with Crippen molar-refractivity contribution in [3.63, 3.8) is 0 Å². The first-order valence-corrected chi connectivity index (χ1v) is 9.05. The highest BCUT2D eigenvalue weighted by Gasteiger charge is 2.22. The Morgan fingerprint density at radius 3 is 2.52 bits per heavy atom. The van der Waals surface area contributed by atoms with E-state index in [0.29, 0.717) is 19.6 Å². The molecule has 0 heterocycles. The summed E-state index contributed by atoms with van der Waals surface area (Å²) in [5, 5.41) is 0. The molecule has 0 amide bonds. The molecule has 0 bridgehead atoms. The molecule has 4 nitrogen and oxygen atoms in total. The van der Waals surface area contributed by atoms with Gasteiger partial charge in [-0.1, -0.05) is 30.3 Å². The molecule has 0 fully saturated rings. The molecule has 0 N–H and O–H groups in total. The molecule has 21 heavy (non-hydrogen) atoms. The van der Waals surface area contributed by atoms with Gasteiger partial charge in [0, 0.05) is 6.16 Å². The third kappa shape index (κ3) is 7.45. The number of benzene rings is 1. The number of rotatable bonds is 10. The summed E-state index contributed by atoms with van der Waals surface area (Å²) < 4.78 is 21.9. The van der Waals surface area contributed by atoms with Crippen LogP contribution in [-0.4, -0.2) is 25.3 Å². The lowest BCUT2D eigenvalue weighted by Crippen LogP contribution is -2.20. The van der Waals surface area contributed by atoms with Crippen molar-refractivity contribution in [3.8, 4) is 0 Å². The molecule has 1 aromatic carbocycles. The quantitative estimate of drug-likeness (QED) is 0.488. The van der Waals surface area contributed by atoms with Crippen LogP contribution in [0.25, 0.3) is 0 Å². The van der Waals surface area contributed by atoms with Crippen molar-refractivity contribution in [2.45, 2.75) is 33.1 Å². The van der Waals surface area contributed by atoms with Crippen LogP contribution >= 0.6 is 8.03 Å². The van der Waals surface area contributed by atoms with Crippen LogP contribution in [0.5, 0.6) is 0 Å². The first-order chi connectivity index (χ1) is 10.2. The fourth-order valence-corrected chi connectivity index (χ4v) is 3.39. The molecule has 1 rings (SSSR count). The maximum atomic E-state index is 11.9. The molecule has 0 saturated carbocycles. The van der Waals surface area contributed by atoms with Gasteiger partial charge in [0.25, 0.3) is 0 Å². The Balaban J connectivity index is 2.48. The first-order valence-electron chi connectivity index (χ1n) is 7.53. The van der Waals surface area contributed by atoms with Crippen LogP contribution in [-0.2, 0) is 25.0 Å². The van der Waals surface area contributed by atoms with E-state index in [4.69, 9.17) is 9.26 Å². The van der Waals surface area contributed by atoms with Crippen LogP contribution < -0.4 is 0 Å². The van der Waals surface area contributed by atoms with Gasteiger partial charge in [0.15, 0.2) is 8.03 Å². The predicted molar refractivity (Wildman–Crippen MR) is 85.0 cm³/mol. The minimum Gasteiger partial charge on any atom is -0.466 e.